The first kappa shape index (κ1) is 16.6. The van der Waals surface area contributed by atoms with Crippen LogP contribution in [-0.4, -0.2) is 25.0 Å². The topological polar surface area (TPSA) is 91.2 Å². The number of nitrogens with zero attached hydrogens (tertiary/aromatic N) is 1. The fourth-order valence-corrected chi connectivity index (χ4v) is 2.53. The van der Waals surface area contributed by atoms with Crippen molar-refractivity contribution in [1.82, 2.24) is 5.32 Å². The Bertz CT molecular complexity index is 655. The van der Waals surface area contributed by atoms with Gasteiger partial charge in [-0.25, -0.2) is 4.79 Å². The molecule has 1 aliphatic rings. The number of nitrogens with one attached hydrogen (secondary N) is 2. The zero-order valence-electron chi connectivity index (χ0n) is 13.0. The van der Waals surface area contributed by atoms with Crippen LogP contribution in [0.1, 0.15) is 36.0 Å². The number of carbonyl (C=O) groups excluding carboxylic acids is 2. The number of hydrogen-bond donors (Lipinski definition) is 2. The van der Waals surface area contributed by atoms with E-state index in [2.05, 4.69) is 10.6 Å². The second-order valence-corrected chi connectivity index (χ2v) is 5.31. The first-order valence-electron chi connectivity index (χ1n) is 7.50. The number of rotatable bonds is 5. The second kappa shape index (κ2) is 7.99. The Morgan fingerprint density at radius 3 is 2.65 bits per heavy atom. The number of esters is 1. The summed E-state index contributed by atoms with van der Waals surface area (Å²) in [5.74, 6) is -0.891. The minimum atomic E-state index is -0.490. The van der Waals surface area contributed by atoms with Gasteiger partial charge in [0, 0.05) is 12.2 Å². The summed E-state index contributed by atoms with van der Waals surface area (Å²) in [5, 5.41) is 14.9. The molecule has 6 nitrogen and oxygen atoms in total. The van der Waals surface area contributed by atoms with Crippen molar-refractivity contribution in [3.05, 3.63) is 41.6 Å². The van der Waals surface area contributed by atoms with Crippen LogP contribution < -0.4 is 10.6 Å². The first-order chi connectivity index (χ1) is 11.2. The van der Waals surface area contributed by atoms with Crippen molar-refractivity contribution < 1.29 is 14.3 Å². The van der Waals surface area contributed by atoms with Crippen molar-refractivity contribution in [1.29, 1.82) is 5.26 Å². The van der Waals surface area contributed by atoms with Crippen LogP contribution in [0.2, 0.25) is 0 Å². The molecule has 0 bridgehead atoms. The summed E-state index contributed by atoms with van der Waals surface area (Å²) in [6, 6.07) is 8.75. The molecule has 2 rings (SSSR count). The van der Waals surface area contributed by atoms with Crippen molar-refractivity contribution in [3.8, 4) is 6.07 Å². The van der Waals surface area contributed by atoms with Crippen LogP contribution in [0.15, 0.2) is 36.0 Å². The van der Waals surface area contributed by atoms with Crippen molar-refractivity contribution >= 4 is 17.6 Å². The van der Waals surface area contributed by atoms with Crippen molar-refractivity contribution in [3.63, 3.8) is 0 Å². The Kier molecular flexibility index (Phi) is 5.75. The molecule has 6 heteroatoms. The molecule has 1 aromatic carbocycles. The smallest absolute Gasteiger partial charge is 0.339 e. The summed E-state index contributed by atoms with van der Waals surface area (Å²) in [5.41, 5.74) is 0.775. The maximum atomic E-state index is 12.1. The van der Waals surface area contributed by atoms with Gasteiger partial charge in [0.2, 0.25) is 0 Å². The minimum absolute atomic E-state index is 0.0310. The van der Waals surface area contributed by atoms with Gasteiger partial charge in [0.25, 0.3) is 5.91 Å². The van der Waals surface area contributed by atoms with E-state index < -0.39 is 11.9 Å². The molecule has 2 N–H and O–H groups in total. The van der Waals surface area contributed by atoms with Gasteiger partial charge in [-0.2, -0.15) is 5.26 Å². The van der Waals surface area contributed by atoms with Crippen molar-refractivity contribution in [2.24, 2.45) is 0 Å². The fraction of sp³-hybridized carbons (Fsp3) is 0.353. The second-order valence-electron chi connectivity index (χ2n) is 5.31. The number of carbonyl (C=O) groups is 2. The predicted molar refractivity (Wildman–Crippen MR) is 85.5 cm³/mol. The maximum Gasteiger partial charge on any atom is 0.339 e. The summed E-state index contributed by atoms with van der Waals surface area (Å²) in [6.45, 7) is 0. The van der Waals surface area contributed by atoms with Crippen LogP contribution in [0.5, 0.6) is 0 Å². The number of para-hydroxylation sites is 1. The number of anilines is 1. The number of benzene rings is 1. The molecular weight excluding hydrogens is 294 g/mol. The number of hydrogen-bond acceptors (Lipinski definition) is 5. The molecule has 0 aliphatic heterocycles. The van der Waals surface area contributed by atoms with Crippen molar-refractivity contribution in [2.75, 3.05) is 12.4 Å². The van der Waals surface area contributed by atoms with E-state index in [9.17, 15) is 9.59 Å². The van der Waals surface area contributed by atoms with Gasteiger partial charge in [-0.3, -0.25) is 4.79 Å². The third-order valence-corrected chi connectivity index (χ3v) is 3.76. The number of methoxy groups -OCH3 is 1. The molecule has 0 unspecified atom stereocenters. The van der Waals surface area contributed by atoms with E-state index in [1.54, 1.807) is 24.3 Å². The van der Waals surface area contributed by atoms with Crippen LogP contribution in [0, 0.1) is 11.3 Å². The summed E-state index contributed by atoms with van der Waals surface area (Å²) < 4.78 is 4.70. The number of ether oxygens (including phenoxy) is 1. The summed E-state index contributed by atoms with van der Waals surface area (Å²) in [6.07, 6.45) is 5.40. The SMILES string of the molecule is COC(=O)c1ccccc1N/C=C(/C#N)C(=O)NC1CCCC1. The Morgan fingerprint density at radius 2 is 2.00 bits per heavy atom. The highest BCUT2D eigenvalue weighted by molar-refractivity contribution is 5.99. The lowest BCUT2D eigenvalue weighted by Gasteiger charge is -2.11. The van der Waals surface area contributed by atoms with Crippen LogP contribution in [0.25, 0.3) is 0 Å². The third-order valence-electron chi connectivity index (χ3n) is 3.76. The van der Waals surface area contributed by atoms with E-state index >= 15 is 0 Å². The van der Waals surface area contributed by atoms with Gasteiger partial charge in [0.15, 0.2) is 0 Å². The molecule has 0 saturated heterocycles. The lowest BCUT2D eigenvalue weighted by Crippen LogP contribution is -2.33. The normalized spacial score (nSPS) is 14.9. The van der Waals surface area contributed by atoms with E-state index in [0.29, 0.717) is 11.3 Å². The van der Waals surface area contributed by atoms with Crippen LogP contribution in [0.4, 0.5) is 5.69 Å². The Labute approximate surface area is 135 Å². The van der Waals surface area contributed by atoms with E-state index in [1.165, 1.54) is 13.3 Å². The average Bonchev–Trinajstić information content (AvgIpc) is 3.08. The maximum absolute atomic E-state index is 12.1. The monoisotopic (exact) mass is 313 g/mol. The number of amides is 1. The van der Waals surface area contributed by atoms with Gasteiger partial charge in [-0.15, -0.1) is 0 Å². The molecule has 23 heavy (non-hydrogen) atoms. The van der Waals surface area contributed by atoms with Gasteiger partial charge in [-0.1, -0.05) is 25.0 Å². The molecule has 0 heterocycles. The molecule has 1 fully saturated rings. The third kappa shape index (κ3) is 4.33. The fourth-order valence-electron chi connectivity index (χ4n) is 2.53. The highest BCUT2D eigenvalue weighted by atomic mass is 16.5. The van der Waals surface area contributed by atoms with Crippen LogP contribution >= 0.6 is 0 Å². The summed E-state index contributed by atoms with van der Waals surface area (Å²) >= 11 is 0. The summed E-state index contributed by atoms with van der Waals surface area (Å²) in [7, 11) is 1.30. The molecule has 0 spiro atoms. The minimum Gasteiger partial charge on any atom is -0.465 e. The Balaban J connectivity index is 2.09. The first-order valence-corrected chi connectivity index (χ1v) is 7.50. The quantitative estimate of drug-likeness (QED) is 0.494. The molecule has 1 aliphatic carbocycles. The average molecular weight is 313 g/mol. The van der Waals surface area contributed by atoms with Crippen LogP contribution in [0.3, 0.4) is 0 Å². The largest absolute Gasteiger partial charge is 0.465 e. The lowest BCUT2D eigenvalue weighted by atomic mass is 10.1. The lowest BCUT2D eigenvalue weighted by molar-refractivity contribution is -0.117. The molecule has 0 aromatic heterocycles. The highest BCUT2D eigenvalue weighted by Gasteiger charge is 2.19. The van der Waals surface area contributed by atoms with E-state index in [4.69, 9.17) is 10.00 Å². The standard InChI is InChI=1S/C17H19N3O3/c1-23-17(22)14-8-4-5-9-15(14)19-11-12(10-18)16(21)20-13-6-2-3-7-13/h4-5,8-9,11,13,19H,2-3,6-7H2,1H3,(H,20,21)/b12-11-. The van der Waals surface area contributed by atoms with Crippen LogP contribution in [-0.2, 0) is 9.53 Å². The molecular formula is C17H19N3O3. The van der Waals surface area contributed by atoms with Gasteiger partial charge in [-0.05, 0) is 25.0 Å². The zero-order chi connectivity index (χ0) is 16.7. The van der Waals surface area contributed by atoms with Gasteiger partial charge in [0.05, 0.1) is 18.4 Å². The number of nitriles is 1. The molecule has 0 atom stereocenters. The van der Waals surface area contributed by atoms with E-state index in [1.807, 2.05) is 6.07 Å². The molecule has 1 amide bonds. The Morgan fingerprint density at radius 1 is 1.30 bits per heavy atom. The molecule has 120 valence electrons. The molecule has 1 saturated carbocycles. The van der Waals surface area contributed by atoms with E-state index in [0.717, 1.165) is 25.7 Å². The Hall–Kier alpha value is -2.81. The van der Waals surface area contributed by atoms with Gasteiger partial charge >= 0.3 is 5.97 Å². The molecule has 0 radical (unpaired) electrons. The van der Waals surface area contributed by atoms with Gasteiger partial charge in [0.1, 0.15) is 11.6 Å². The van der Waals surface area contributed by atoms with E-state index in [-0.39, 0.29) is 11.6 Å². The summed E-state index contributed by atoms with van der Waals surface area (Å²) in [4.78, 5) is 23.8. The van der Waals surface area contributed by atoms with Crippen molar-refractivity contribution in [2.45, 2.75) is 31.7 Å². The zero-order valence-corrected chi connectivity index (χ0v) is 13.0. The van der Waals surface area contributed by atoms with Gasteiger partial charge < -0.3 is 15.4 Å². The highest BCUT2D eigenvalue weighted by Crippen LogP contribution is 2.19. The predicted octanol–water partition coefficient (Wildman–Crippen LogP) is 2.35. The molecule has 1 aromatic rings.